The Bertz CT molecular complexity index is 178. The zero-order chi connectivity index (χ0) is 11.2. The van der Waals surface area contributed by atoms with Crippen molar-refractivity contribution in [2.45, 2.75) is 40.5 Å². The Morgan fingerprint density at radius 2 is 2.07 bits per heavy atom. The van der Waals surface area contributed by atoms with E-state index in [4.69, 9.17) is 5.11 Å². The van der Waals surface area contributed by atoms with Gasteiger partial charge in [0, 0.05) is 0 Å². The van der Waals surface area contributed by atoms with Gasteiger partial charge >= 0.3 is 5.97 Å². The van der Waals surface area contributed by atoms with Crippen molar-refractivity contribution in [2.75, 3.05) is 11.5 Å². The molecule has 0 heterocycles. The molecule has 0 fully saturated rings. The van der Waals surface area contributed by atoms with Crippen LogP contribution in [-0.2, 0) is 4.79 Å². The monoisotopic (exact) mass is 218 g/mol. The van der Waals surface area contributed by atoms with Gasteiger partial charge in [-0.2, -0.15) is 11.8 Å². The molecule has 1 atom stereocenters. The zero-order valence-corrected chi connectivity index (χ0v) is 10.5. The van der Waals surface area contributed by atoms with Crippen LogP contribution in [0.4, 0.5) is 0 Å². The quantitative estimate of drug-likeness (QED) is 0.666. The molecular formula is C11H22O2S. The molecule has 0 amide bonds. The summed E-state index contributed by atoms with van der Waals surface area (Å²) in [6.45, 7) is 8.00. The second-order valence-corrected chi connectivity index (χ2v) is 5.68. The number of hydrogen-bond acceptors (Lipinski definition) is 2. The molecule has 0 saturated carbocycles. The van der Waals surface area contributed by atoms with Crippen LogP contribution in [0.25, 0.3) is 0 Å². The highest BCUT2D eigenvalue weighted by Gasteiger charge is 2.26. The van der Waals surface area contributed by atoms with E-state index in [1.165, 1.54) is 6.42 Å². The Balaban J connectivity index is 3.59. The van der Waals surface area contributed by atoms with E-state index in [1.54, 1.807) is 13.8 Å². The molecule has 0 rings (SSSR count). The van der Waals surface area contributed by atoms with Crippen LogP contribution in [0.5, 0.6) is 0 Å². The highest BCUT2D eigenvalue weighted by atomic mass is 32.2. The van der Waals surface area contributed by atoms with E-state index >= 15 is 0 Å². The van der Waals surface area contributed by atoms with Gasteiger partial charge in [-0.15, -0.1) is 0 Å². The predicted molar refractivity (Wildman–Crippen MR) is 62.8 cm³/mol. The maximum atomic E-state index is 10.8. The Hall–Kier alpha value is -0.180. The van der Waals surface area contributed by atoms with Crippen LogP contribution in [0.15, 0.2) is 0 Å². The first kappa shape index (κ1) is 13.8. The third-order valence-electron chi connectivity index (χ3n) is 2.55. The van der Waals surface area contributed by atoms with E-state index in [1.807, 2.05) is 11.8 Å². The number of hydrogen-bond donors (Lipinski definition) is 1. The minimum atomic E-state index is -0.693. The van der Waals surface area contributed by atoms with Gasteiger partial charge in [-0.1, -0.05) is 20.3 Å². The van der Waals surface area contributed by atoms with Gasteiger partial charge in [0.2, 0.25) is 0 Å². The average Bonchev–Trinajstić information content (AvgIpc) is 2.11. The molecule has 3 heteroatoms. The molecule has 0 bridgehead atoms. The van der Waals surface area contributed by atoms with Crippen LogP contribution in [0, 0.1) is 11.3 Å². The summed E-state index contributed by atoms with van der Waals surface area (Å²) < 4.78 is 0. The van der Waals surface area contributed by atoms with Gasteiger partial charge < -0.3 is 5.11 Å². The molecule has 1 N–H and O–H groups in total. The van der Waals surface area contributed by atoms with E-state index in [9.17, 15) is 4.79 Å². The van der Waals surface area contributed by atoms with E-state index in [0.717, 1.165) is 23.8 Å². The molecule has 1 unspecified atom stereocenters. The average molecular weight is 218 g/mol. The Morgan fingerprint density at radius 1 is 1.50 bits per heavy atom. The van der Waals surface area contributed by atoms with Crippen LogP contribution in [0.3, 0.4) is 0 Å². The van der Waals surface area contributed by atoms with Gasteiger partial charge in [-0.05, 0) is 37.7 Å². The lowest BCUT2D eigenvalue weighted by Crippen LogP contribution is -2.24. The highest BCUT2D eigenvalue weighted by Crippen LogP contribution is 2.24. The van der Waals surface area contributed by atoms with Crippen molar-refractivity contribution in [3.05, 3.63) is 0 Å². The molecule has 2 nitrogen and oxygen atoms in total. The van der Waals surface area contributed by atoms with Crippen LogP contribution < -0.4 is 0 Å². The number of carbonyl (C=O) groups is 1. The van der Waals surface area contributed by atoms with E-state index < -0.39 is 11.4 Å². The van der Waals surface area contributed by atoms with E-state index in [-0.39, 0.29) is 0 Å². The summed E-state index contributed by atoms with van der Waals surface area (Å²) in [4.78, 5) is 10.8. The molecule has 0 aliphatic carbocycles. The Kier molecular flexibility index (Phi) is 6.25. The van der Waals surface area contributed by atoms with Gasteiger partial charge in [-0.3, -0.25) is 4.79 Å². The lowest BCUT2D eigenvalue weighted by molar-refractivity contribution is -0.146. The van der Waals surface area contributed by atoms with Crippen molar-refractivity contribution in [2.24, 2.45) is 11.3 Å². The van der Waals surface area contributed by atoms with Crippen molar-refractivity contribution in [3.63, 3.8) is 0 Å². The molecule has 14 heavy (non-hydrogen) atoms. The van der Waals surface area contributed by atoms with Gasteiger partial charge in [0.25, 0.3) is 0 Å². The first-order chi connectivity index (χ1) is 6.40. The highest BCUT2D eigenvalue weighted by molar-refractivity contribution is 7.99. The Labute approximate surface area is 91.5 Å². The summed E-state index contributed by atoms with van der Waals surface area (Å²) in [6, 6.07) is 0. The summed E-state index contributed by atoms with van der Waals surface area (Å²) in [6.07, 6.45) is 1.96. The number of aliphatic carboxylic acids is 1. The van der Waals surface area contributed by atoms with Gasteiger partial charge in [0.15, 0.2) is 0 Å². The van der Waals surface area contributed by atoms with Gasteiger partial charge in [0.05, 0.1) is 5.41 Å². The molecule has 0 spiro atoms. The summed E-state index contributed by atoms with van der Waals surface area (Å²) >= 11 is 1.87. The lowest BCUT2D eigenvalue weighted by Gasteiger charge is -2.18. The molecule has 0 aromatic rings. The SMILES string of the molecule is CCC(C)CSCCC(C)(C)C(=O)O. The molecule has 0 saturated heterocycles. The molecule has 0 aliphatic heterocycles. The largest absolute Gasteiger partial charge is 0.481 e. The first-order valence-corrected chi connectivity index (χ1v) is 6.36. The maximum absolute atomic E-state index is 10.8. The summed E-state index contributed by atoms with van der Waals surface area (Å²) in [7, 11) is 0. The fourth-order valence-corrected chi connectivity index (χ4v) is 2.30. The third kappa shape index (κ3) is 5.53. The minimum Gasteiger partial charge on any atom is -0.481 e. The second kappa shape index (κ2) is 6.33. The number of rotatable bonds is 7. The molecule has 0 aromatic carbocycles. The fourth-order valence-electron chi connectivity index (χ4n) is 0.837. The summed E-state index contributed by atoms with van der Waals surface area (Å²) in [5.74, 6) is 2.14. The van der Waals surface area contributed by atoms with Crippen LogP contribution in [0.2, 0.25) is 0 Å². The first-order valence-electron chi connectivity index (χ1n) is 5.21. The normalized spacial score (nSPS) is 14.0. The molecular weight excluding hydrogens is 196 g/mol. The third-order valence-corrected chi connectivity index (χ3v) is 3.85. The fraction of sp³-hybridized carbons (Fsp3) is 0.909. The van der Waals surface area contributed by atoms with Crippen molar-refractivity contribution >= 4 is 17.7 Å². The topological polar surface area (TPSA) is 37.3 Å². The lowest BCUT2D eigenvalue weighted by atomic mass is 9.91. The second-order valence-electron chi connectivity index (χ2n) is 4.53. The van der Waals surface area contributed by atoms with Crippen molar-refractivity contribution < 1.29 is 9.90 Å². The molecule has 0 aliphatic rings. The van der Waals surface area contributed by atoms with Crippen molar-refractivity contribution in [1.29, 1.82) is 0 Å². The smallest absolute Gasteiger partial charge is 0.309 e. The van der Waals surface area contributed by atoms with Crippen molar-refractivity contribution in [1.82, 2.24) is 0 Å². The minimum absolute atomic E-state index is 0.567. The van der Waals surface area contributed by atoms with E-state index in [2.05, 4.69) is 13.8 Å². The predicted octanol–water partition coefficient (Wildman–Crippen LogP) is 3.27. The summed E-state index contributed by atoms with van der Waals surface area (Å²) in [5, 5.41) is 8.89. The number of carboxylic acid groups (broad SMARTS) is 1. The molecule has 0 aromatic heterocycles. The molecule has 84 valence electrons. The Morgan fingerprint density at radius 3 is 2.50 bits per heavy atom. The number of thioether (sulfide) groups is 1. The summed E-state index contributed by atoms with van der Waals surface area (Å²) in [5.41, 5.74) is -0.567. The zero-order valence-electron chi connectivity index (χ0n) is 9.67. The van der Waals surface area contributed by atoms with Gasteiger partial charge in [0.1, 0.15) is 0 Å². The maximum Gasteiger partial charge on any atom is 0.309 e. The van der Waals surface area contributed by atoms with Crippen LogP contribution in [0.1, 0.15) is 40.5 Å². The standard InChI is InChI=1S/C11H22O2S/c1-5-9(2)8-14-7-6-11(3,4)10(12)13/h9H,5-8H2,1-4H3,(H,12,13). The van der Waals surface area contributed by atoms with Crippen LogP contribution in [-0.4, -0.2) is 22.6 Å². The number of carboxylic acids is 1. The van der Waals surface area contributed by atoms with Crippen molar-refractivity contribution in [3.8, 4) is 0 Å². The molecule has 0 radical (unpaired) electrons. The van der Waals surface area contributed by atoms with E-state index in [0.29, 0.717) is 0 Å². The van der Waals surface area contributed by atoms with Gasteiger partial charge in [-0.25, -0.2) is 0 Å². The van der Waals surface area contributed by atoms with Crippen LogP contribution >= 0.6 is 11.8 Å².